The molecule has 2 aliphatic rings. The van der Waals surface area contributed by atoms with Gasteiger partial charge in [0.2, 0.25) is 11.8 Å². The molecule has 3 amide bonds. The Morgan fingerprint density at radius 3 is 2.20 bits per heavy atom. The molecule has 1 aromatic rings. The van der Waals surface area contributed by atoms with Crippen LogP contribution in [0.3, 0.4) is 0 Å². The van der Waals surface area contributed by atoms with Crippen molar-refractivity contribution in [2.45, 2.75) is 101 Å². The third-order valence-corrected chi connectivity index (χ3v) is 9.98. The molecule has 0 spiro atoms. The second-order valence-corrected chi connectivity index (χ2v) is 13.6. The second kappa shape index (κ2) is 17.6. The first kappa shape index (κ1) is 35.6. The van der Waals surface area contributed by atoms with E-state index in [0.717, 1.165) is 19.3 Å². The maximum Gasteiger partial charge on any atom is 0.351 e. The summed E-state index contributed by atoms with van der Waals surface area (Å²) in [6.45, 7) is 0.947. The minimum absolute atomic E-state index is 0.0502. The molecule has 0 radical (unpaired) electrons. The van der Waals surface area contributed by atoms with E-state index in [0.29, 0.717) is 57.2 Å². The smallest absolute Gasteiger partial charge is 0.351 e. The Morgan fingerprint density at radius 2 is 1.61 bits per heavy atom. The predicted octanol–water partition coefficient (Wildman–Crippen LogP) is 1.86. The van der Waals surface area contributed by atoms with Crippen LogP contribution in [0.15, 0.2) is 30.3 Å². The molecule has 0 bridgehead atoms. The fourth-order valence-electron chi connectivity index (χ4n) is 5.50. The number of amides is 3. The van der Waals surface area contributed by atoms with Gasteiger partial charge in [-0.25, -0.2) is 4.79 Å². The number of hydrogen-bond acceptors (Lipinski definition) is 8. The van der Waals surface area contributed by atoms with Crippen molar-refractivity contribution in [3.05, 3.63) is 35.9 Å². The van der Waals surface area contributed by atoms with Gasteiger partial charge in [-0.2, -0.15) is 0 Å². The number of carboxylic acids is 1. The van der Waals surface area contributed by atoms with Gasteiger partial charge in [-0.05, 0) is 82.9 Å². The number of rotatable bonds is 19. The molecule has 44 heavy (non-hydrogen) atoms. The Bertz CT molecular complexity index is 1150. The van der Waals surface area contributed by atoms with Gasteiger partial charge in [0.15, 0.2) is 0 Å². The quantitative estimate of drug-likeness (QED) is 0.0956. The minimum atomic E-state index is -4.77. The summed E-state index contributed by atoms with van der Waals surface area (Å²) in [6, 6.07) is 6.78. The Morgan fingerprint density at radius 1 is 0.955 bits per heavy atom. The van der Waals surface area contributed by atoms with Crippen molar-refractivity contribution in [3.8, 4) is 0 Å². The molecule has 2 unspecified atom stereocenters. The van der Waals surface area contributed by atoms with Gasteiger partial charge < -0.3 is 37.0 Å². The first-order valence-electron chi connectivity index (χ1n) is 15.7. The van der Waals surface area contributed by atoms with E-state index < -0.39 is 49.4 Å². The van der Waals surface area contributed by atoms with E-state index in [1.807, 2.05) is 0 Å². The van der Waals surface area contributed by atoms with Gasteiger partial charge >= 0.3 is 13.6 Å². The number of nitrogens with two attached hydrogens (primary N) is 2. The minimum Gasteiger partial charge on any atom is -0.480 e. The molecule has 2 fully saturated rings. The van der Waals surface area contributed by atoms with Gasteiger partial charge in [-0.15, -0.1) is 0 Å². The number of carbonyl (C=O) groups is 4. The monoisotopic (exact) mass is 637 g/mol. The number of hydrogen-bond donors (Lipinski definition) is 6. The van der Waals surface area contributed by atoms with E-state index in [1.54, 1.807) is 30.3 Å². The van der Waals surface area contributed by atoms with Gasteiger partial charge in [0.25, 0.3) is 5.91 Å². The first-order valence-corrected chi connectivity index (χ1v) is 17.3. The zero-order valence-corrected chi connectivity index (χ0v) is 26.2. The SMILES string of the molecule is NCCCC[C@H](NC(=O)C1CCC1)C(=O)NC(Cc1ccccc1)P(=O)(O)O[C@@H](CCCCN)C(=O)N1CCC[C@H]1C(=O)O. The lowest BCUT2D eigenvalue weighted by atomic mass is 9.84. The molecule has 1 aliphatic heterocycles. The second-order valence-electron chi connectivity index (χ2n) is 11.7. The Kier molecular flexibility index (Phi) is 14.3. The average Bonchev–Trinajstić information content (AvgIpc) is 3.46. The molecule has 13 nitrogen and oxygen atoms in total. The molecule has 5 atom stereocenters. The van der Waals surface area contributed by atoms with E-state index in [4.69, 9.17) is 16.0 Å². The fraction of sp³-hybridized carbons (Fsp3) is 0.667. The number of carboxylic acid groups (broad SMARTS) is 1. The van der Waals surface area contributed by atoms with E-state index in [9.17, 15) is 33.7 Å². The van der Waals surface area contributed by atoms with Crippen molar-refractivity contribution < 1.29 is 38.3 Å². The van der Waals surface area contributed by atoms with Crippen LogP contribution in [0.2, 0.25) is 0 Å². The summed E-state index contributed by atoms with van der Waals surface area (Å²) < 4.78 is 19.7. The molecule has 8 N–H and O–H groups in total. The lowest BCUT2D eigenvalue weighted by Gasteiger charge is -2.32. The largest absolute Gasteiger partial charge is 0.480 e. The topological polar surface area (TPSA) is 214 Å². The zero-order valence-electron chi connectivity index (χ0n) is 25.3. The van der Waals surface area contributed by atoms with Crippen molar-refractivity contribution >= 4 is 31.3 Å². The molecule has 0 aromatic heterocycles. The van der Waals surface area contributed by atoms with E-state index in [1.165, 1.54) is 4.90 Å². The predicted molar refractivity (Wildman–Crippen MR) is 164 cm³/mol. The average molecular weight is 638 g/mol. The number of unbranched alkanes of at least 4 members (excludes halogenated alkanes) is 2. The maximum absolute atomic E-state index is 14.0. The van der Waals surface area contributed by atoms with Crippen molar-refractivity contribution in [1.29, 1.82) is 0 Å². The summed E-state index contributed by atoms with van der Waals surface area (Å²) in [7, 11) is -4.77. The fourth-order valence-corrected chi connectivity index (χ4v) is 6.93. The summed E-state index contributed by atoms with van der Waals surface area (Å²) in [5.74, 6) is -4.30. The molecule has 1 saturated carbocycles. The first-order chi connectivity index (χ1) is 21.1. The van der Waals surface area contributed by atoms with Crippen LogP contribution < -0.4 is 22.1 Å². The molecule has 3 rings (SSSR count). The number of benzene rings is 1. The standard InChI is InChI=1S/C30H48N5O8P/c31-17-6-4-14-23(33-27(36)22-12-8-13-22)28(37)34-26(20-21-10-2-1-3-11-21)44(41,42)43-25(16-5-7-18-32)29(38)35-19-9-15-24(35)30(39)40/h1-3,10-11,22-26H,4-9,12-20,31-32H2,(H,33,36)(H,34,37)(H,39,40)(H,41,42)/t23-,24-,25-,26?/m0/s1. The van der Waals surface area contributed by atoms with E-state index in [2.05, 4.69) is 10.6 Å². The Hall–Kier alpha value is -2.83. The summed E-state index contributed by atoms with van der Waals surface area (Å²) in [4.78, 5) is 64.3. The van der Waals surface area contributed by atoms with E-state index >= 15 is 0 Å². The lowest BCUT2D eigenvalue weighted by Crippen LogP contribution is -2.52. The summed E-state index contributed by atoms with van der Waals surface area (Å²) >= 11 is 0. The Labute approximate surface area is 259 Å². The molecule has 14 heteroatoms. The third-order valence-electron chi connectivity index (χ3n) is 8.33. The highest BCUT2D eigenvalue weighted by molar-refractivity contribution is 7.53. The number of likely N-dealkylation sites (tertiary alicyclic amines) is 1. The van der Waals surface area contributed by atoms with Crippen LogP contribution in [0.5, 0.6) is 0 Å². The normalized spacial score (nSPS) is 20.2. The summed E-state index contributed by atoms with van der Waals surface area (Å²) in [5.41, 5.74) is 11.9. The van der Waals surface area contributed by atoms with E-state index in [-0.39, 0.29) is 37.6 Å². The molecule has 1 aromatic carbocycles. The highest BCUT2D eigenvalue weighted by atomic mass is 31.2. The van der Waals surface area contributed by atoms with Crippen molar-refractivity contribution in [2.75, 3.05) is 19.6 Å². The van der Waals surface area contributed by atoms with Crippen LogP contribution in [-0.2, 0) is 34.7 Å². The van der Waals surface area contributed by atoms with Gasteiger partial charge in [-0.1, -0.05) is 36.8 Å². The van der Waals surface area contributed by atoms with Crippen molar-refractivity contribution in [3.63, 3.8) is 0 Å². The molecule has 1 saturated heterocycles. The molecule has 246 valence electrons. The number of nitrogens with one attached hydrogen (secondary N) is 2. The van der Waals surface area contributed by atoms with Crippen LogP contribution in [0, 0.1) is 5.92 Å². The van der Waals surface area contributed by atoms with Crippen LogP contribution in [0.4, 0.5) is 0 Å². The molecular weight excluding hydrogens is 589 g/mol. The Balaban J connectivity index is 1.85. The van der Waals surface area contributed by atoms with Gasteiger partial charge in [0.05, 0.1) is 0 Å². The number of nitrogens with zero attached hydrogens (tertiary/aromatic N) is 1. The van der Waals surface area contributed by atoms with Crippen molar-refractivity contribution in [1.82, 2.24) is 15.5 Å². The van der Waals surface area contributed by atoms with Crippen LogP contribution in [0.1, 0.15) is 76.2 Å². The van der Waals surface area contributed by atoms with Crippen LogP contribution >= 0.6 is 7.60 Å². The van der Waals surface area contributed by atoms with Gasteiger partial charge in [-0.3, -0.25) is 23.5 Å². The maximum atomic E-state index is 14.0. The van der Waals surface area contributed by atoms with Crippen LogP contribution in [-0.4, -0.2) is 82.2 Å². The van der Waals surface area contributed by atoms with Crippen molar-refractivity contribution in [2.24, 2.45) is 17.4 Å². The summed E-state index contributed by atoms with van der Waals surface area (Å²) in [5, 5.41) is 15.1. The van der Waals surface area contributed by atoms with Gasteiger partial charge in [0, 0.05) is 18.9 Å². The molecular formula is C30H48N5O8P. The highest BCUT2D eigenvalue weighted by Crippen LogP contribution is 2.49. The number of carbonyl (C=O) groups excluding carboxylic acids is 3. The van der Waals surface area contributed by atoms with Crippen LogP contribution in [0.25, 0.3) is 0 Å². The zero-order chi connectivity index (χ0) is 32.1. The highest BCUT2D eigenvalue weighted by Gasteiger charge is 2.43. The molecule has 1 heterocycles. The lowest BCUT2D eigenvalue weighted by molar-refractivity contribution is -0.151. The summed E-state index contributed by atoms with van der Waals surface area (Å²) in [6.07, 6.45) is 4.19. The molecule has 1 aliphatic carbocycles. The van der Waals surface area contributed by atoms with Gasteiger partial charge in [0.1, 0.15) is 24.0 Å². The number of aliphatic carboxylic acids is 1. The third kappa shape index (κ3) is 10.4.